The molecule has 3 fully saturated rings. The number of hydrogen-bond donors (Lipinski definition) is 2. The summed E-state index contributed by atoms with van der Waals surface area (Å²) in [6.45, 7) is 8.58. The number of carbonyl (C=O) groups is 3. The summed E-state index contributed by atoms with van der Waals surface area (Å²) in [4.78, 5) is 42.6. The molecule has 0 aromatic carbocycles. The Balaban J connectivity index is 1.58. The van der Waals surface area contributed by atoms with Crippen molar-refractivity contribution in [1.82, 2.24) is 4.98 Å². The van der Waals surface area contributed by atoms with Crippen molar-refractivity contribution in [3.8, 4) is 0 Å². The van der Waals surface area contributed by atoms with Gasteiger partial charge in [0.15, 0.2) is 17.1 Å². The van der Waals surface area contributed by atoms with Gasteiger partial charge in [0.25, 0.3) is 0 Å². The maximum Gasteiger partial charge on any atom is 0.358 e. The number of allylic oxidation sites excluding steroid dienone is 4. The zero-order chi connectivity index (χ0) is 28.0. The molecule has 2 N–H and O–H groups in total. The van der Waals surface area contributed by atoms with Gasteiger partial charge in [0.1, 0.15) is 6.17 Å². The van der Waals surface area contributed by atoms with Gasteiger partial charge in [-0.3, -0.25) is 4.79 Å². The standard InChI is InChI=1S/C28H33F2NO6S/c1-13(2)22-31-20(12-38-22)23(34)37-28(24(35)36)14(3)8-16-17-10-19(29)18-9-15(32)6-7-25(18,4)27(17,30)21(33)11-26(16,28)5/h6-7,9,12-14,16-17,19,21,33H,8,10-11H2,1-5H3,(H,35,36)/t14-,16+,17+,19+,21+,25+,26+,27+,28+/m1/s1. The molecule has 0 spiro atoms. The van der Waals surface area contributed by atoms with E-state index in [1.54, 1.807) is 13.8 Å². The third kappa shape index (κ3) is 3.25. The number of hydrogen-bond acceptors (Lipinski definition) is 7. The Bertz CT molecular complexity index is 1280. The van der Waals surface area contributed by atoms with Crippen molar-refractivity contribution >= 4 is 29.1 Å². The summed E-state index contributed by atoms with van der Waals surface area (Å²) in [7, 11) is 0. The third-order valence-corrected chi connectivity index (χ3v) is 11.1. The zero-order valence-electron chi connectivity index (χ0n) is 22.0. The highest BCUT2D eigenvalue weighted by atomic mass is 32.1. The number of thiazole rings is 1. The molecule has 4 aliphatic rings. The Morgan fingerprint density at radius 3 is 2.53 bits per heavy atom. The minimum atomic E-state index is -2.35. The number of carbonyl (C=O) groups excluding carboxylic acids is 2. The molecule has 0 saturated heterocycles. The van der Waals surface area contributed by atoms with Crippen LogP contribution in [0.5, 0.6) is 0 Å². The summed E-state index contributed by atoms with van der Waals surface area (Å²) in [5, 5.41) is 24.3. The lowest BCUT2D eigenvalue weighted by Gasteiger charge is -2.62. The van der Waals surface area contributed by atoms with Crippen LogP contribution in [0.4, 0.5) is 8.78 Å². The highest BCUT2D eigenvalue weighted by Gasteiger charge is 2.78. The minimum absolute atomic E-state index is 0.00198. The second-order valence-electron chi connectivity index (χ2n) is 12.2. The van der Waals surface area contributed by atoms with Gasteiger partial charge in [0.05, 0.1) is 11.1 Å². The summed E-state index contributed by atoms with van der Waals surface area (Å²) in [6.07, 6.45) is -0.143. The van der Waals surface area contributed by atoms with E-state index in [2.05, 4.69) is 4.98 Å². The first kappa shape index (κ1) is 27.1. The van der Waals surface area contributed by atoms with Crippen LogP contribution in [0.15, 0.2) is 29.2 Å². The molecule has 1 aromatic heterocycles. The Morgan fingerprint density at radius 2 is 1.92 bits per heavy atom. The lowest BCUT2D eigenvalue weighted by molar-refractivity contribution is -0.229. The smallest absolute Gasteiger partial charge is 0.358 e. The number of esters is 1. The van der Waals surface area contributed by atoms with Crippen molar-refractivity contribution in [2.75, 3.05) is 0 Å². The van der Waals surface area contributed by atoms with E-state index >= 15 is 8.78 Å². The number of nitrogens with zero attached hydrogens (tertiary/aromatic N) is 1. The first-order valence-electron chi connectivity index (χ1n) is 13.0. The first-order chi connectivity index (χ1) is 17.6. The number of alkyl halides is 2. The Labute approximate surface area is 224 Å². The van der Waals surface area contributed by atoms with E-state index < -0.39 is 69.9 Å². The normalized spacial score (nSPS) is 43.8. The lowest BCUT2D eigenvalue weighted by Crippen LogP contribution is -2.71. The summed E-state index contributed by atoms with van der Waals surface area (Å²) in [6, 6.07) is 0. The van der Waals surface area contributed by atoms with Gasteiger partial charge in [-0.1, -0.05) is 33.8 Å². The van der Waals surface area contributed by atoms with Crippen molar-refractivity contribution in [3.63, 3.8) is 0 Å². The maximum atomic E-state index is 17.3. The van der Waals surface area contributed by atoms with Gasteiger partial charge in [-0.15, -0.1) is 11.3 Å². The van der Waals surface area contributed by atoms with Crippen LogP contribution in [0, 0.1) is 28.6 Å². The Hall–Kier alpha value is -2.46. The quantitative estimate of drug-likeness (QED) is 0.518. The second kappa shape index (κ2) is 8.52. The average molecular weight is 550 g/mol. The second-order valence-corrected chi connectivity index (χ2v) is 13.0. The Kier molecular flexibility index (Phi) is 6.08. The first-order valence-corrected chi connectivity index (χ1v) is 13.9. The van der Waals surface area contributed by atoms with Gasteiger partial charge in [-0.25, -0.2) is 23.4 Å². The molecule has 1 aromatic rings. The maximum absolute atomic E-state index is 17.3. The van der Waals surface area contributed by atoms with Gasteiger partial charge in [-0.05, 0) is 49.8 Å². The van der Waals surface area contributed by atoms with E-state index in [1.807, 2.05) is 13.8 Å². The molecule has 1 heterocycles. The molecule has 0 aliphatic heterocycles. The average Bonchev–Trinajstić information content (AvgIpc) is 3.41. The Morgan fingerprint density at radius 1 is 1.24 bits per heavy atom. The molecule has 4 aliphatic carbocycles. The molecular weight excluding hydrogens is 516 g/mol. The van der Waals surface area contributed by atoms with Gasteiger partial charge in [-0.2, -0.15) is 0 Å². The summed E-state index contributed by atoms with van der Waals surface area (Å²) >= 11 is 1.27. The molecule has 38 heavy (non-hydrogen) atoms. The largest absolute Gasteiger partial charge is 0.478 e. The number of ether oxygens (including phenoxy) is 1. The zero-order valence-corrected chi connectivity index (χ0v) is 22.9. The van der Waals surface area contributed by atoms with Gasteiger partial charge in [0, 0.05) is 34.0 Å². The van der Waals surface area contributed by atoms with Crippen LogP contribution in [0.3, 0.4) is 0 Å². The molecule has 9 atom stereocenters. The lowest BCUT2D eigenvalue weighted by atomic mass is 9.44. The van der Waals surface area contributed by atoms with E-state index in [-0.39, 0.29) is 36.4 Å². The molecule has 0 radical (unpaired) electrons. The van der Waals surface area contributed by atoms with Crippen LogP contribution >= 0.6 is 11.3 Å². The number of aliphatic hydroxyl groups is 1. The van der Waals surface area contributed by atoms with Crippen molar-refractivity contribution in [1.29, 1.82) is 0 Å². The van der Waals surface area contributed by atoms with E-state index in [1.165, 1.54) is 35.8 Å². The summed E-state index contributed by atoms with van der Waals surface area (Å²) in [5.41, 5.74) is -7.40. The van der Waals surface area contributed by atoms with Gasteiger partial charge < -0.3 is 14.9 Å². The van der Waals surface area contributed by atoms with E-state index in [4.69, 9.17) is 4.74 Å². The highest BCUT2D eigenvalue weighted by molar-refractivity contribution is 7.09. The van der Waals surface area contributed by atoms with E-state index in [0.29, 0.717) is 5.01 Å². The third-order valence-electron chi connectivity index (χ3n) is 9.97. The predicted molar refractivity (Wildman–Crippen MR) is 135 cm³/mol. The highest BCUT2D eigenvalue weighted by Crippen LogP contribution is 2.71. The molecule has 0 amide bonds. The predicted octanol–water partition coefficient (Wildman–Crippen LogP) is 4.81. The molecule has 3 saturated carbocycles. The molecule has 7 nitrogen and oxygen atoms in total. The number of ketones is 1. The fourth-order valence-electron chi connectivity index (χ4n) is 8.09. The molecule has 0 unspecified atom stereocenters. The molecule has 5 rings (SSSR count). The molecular formula is C28H33F2NO6S. The van der Waals surface area contributed by atoms with Gasteiger partial charge >= 0.3 is 11.9 Å². The number of aliphatic hydroxyl groups excluding tert-OH is 1. The number of aromatic nitrogens is 1. The van der Waals surface area contributed by atoms with Crippen LogP contribution in [-0.2, 0) is 14.3 Å². The van der Waals surface area contributed by atoms with Crippen LogP contribution < -0.4 is 0 Å². The number of aliphatic carboxylic acids is 1. The van der Waals surface area contributed by atoms with Crippen LogP contribution in [-0.4, -0.2) is 56.5 Å². The fourth-order valence-corrected chi connectivity index (χ4v) is 8.89. The topological polar surface area (TPSA) is 114 Å². The molecule has 0 bridgehead atoms. The van der Waals surface area contributed by atoms with Crippen molar-refractivity contribution < 1.29 is 38.1 Å². The molecule has 206 valence electrons. The molecule has 10 heteroatoms. The van der Waals surface area contributed by atoms with Crippen molar-refractivity contribution in [2.24, 2.45) is 28.6 Å². The monoisotopic (exact) mass is 549 g/mol. The van der Waals surface area contributed by atoms with E-state index in [9.17, 15) is 24.6 Å². The van der Waals surface area contributed by atoms with Gasteiger partial charge in [0.2, 0.25) is 5.60 Å². The van der Waals surface area contributed by atoms with Crippen LogP contribution in [0.1, 0.15) is 75.3 Å². The fraction of sp³-hybridized carbons (Fsp3) is 0.643. The van der Waals surface area contributed by atoms with Crippen LogP contribution in [0.25, 0.3) is 0 Å². The number of carboxylic acids is 1. The van der Waals surface area contributed by atoms with Crippen molar-refractivity contribution in [2.45, 2.75) is 83.3 Å². The van der Waals surface area contributed by atoms with Crippen molar-refractivity contribution in [3.05, 3.63) is 39.9 Å². The van der Waals surface area contributed by atoms with E-state index in [0.717, 1.165) is 6.08 Å². The number of fused-ring (bicyclic) bond motifs is 5. The van der Waals surface area contributed by atoms with Crippen LogP contribution in [0.2, 0.25) is 0 Å². The number of rotatable bonds is 4. The minimum Gasteiger partial charge on any atom is -0.478 e. The number of carboxylic acid groups (broad SMARTS) is 1. The summed E-state index contributed by atoms with van der Waals surface area (Å²) < 4.78 is 38.8. The SMILES string of the molecule is CC(C)c1nc(C(=O)O[C@]2(C(=O)O)[C@H](C)C[C@H]3[C@@H]4C[C@H](F)C5=CC(=O)C=C[C@]5(C)[C@@]4(F)[C@@H](O)C[C@@]32C)cs1. The number of halogens is 2. The summed E-state index contributed by atoms with van der Waals surface area (Å²) in [5.74, 6) is -5.18.